The molecule has 0 aliphatic heterocycles. The van der Waals surface area contributed by atoms with Crippen LogP contribution >= 0.6 is 0 Å². The molecule has 1 amide bonds. The van der Waals surface area contributed by atoms with E-state index in [9.17, 15) is 4.79 Å². The van der Waals surface area contributed by atoms with Crippen LogP contribution in [0.1, 0.15) is 23.4 Å². The van der Waals surface area contributed by atoms with Gasteiger partial charge in [-0.25, -0.2) is 0 Å². The molecule has 7 heteroatoms. The zero-order valence-electron chi connectivity index (χ0n) is 14.8. The third-order valence-electron chi connectivity index (χ3n) is 3.93. The summed E-state index contributed by atoms with van der Waals surface area (Å²) in [5, 5.41) is 6.74. The van der Waals surface area contributed by atoms with Crippen molar-refractivity contribution < 1.29 is 18.5 Å². The summed E-state index contributed by atoms with van der Waals surface area (Å²) >= 11 is 0. The molecule has 2 aromatic heterocycles. The Hall–Kier alpha value is -3.09. The van der Waals surface area contributed by atoms with Gasteiger partial charge in [-0.1, -0.05) is 22.9 Å². The second-order valence-corrected chi connectivity index (χ2v) is 5.90. The normalized spacial score (nSPS) is 10.7. The highest BCUT2D eigenvalue weighted by molar-refractivity contribution is 5.76. The van der Waals surface area contributed by atoms with Crippen LogP contribution < -0.4 is 10.1 Å². The maximum absolute atomic E-state index is 12.0. The van der Waals surface area contributed by atoms with E-state index in [0.717, 1.165) is 16.9 Å². The van der Waals surface area contributed by atoms with Crippen LogP contribution in [0.2, 0.25) is 0 Å². The highest BCUT2D eigenvalue weighted by Gasteiger charge is 2.12. The smallest absolute Gasteiger partial charge is 0.238 e. The van der Waals surface area contributed by atoms with E-state index in [1.807, 2.05) is 19.1 Å². The van der Waals surface area contributed by atoms with E-state index in [4.69, 9.17) is 13.7 Å². The first-order valence-electron chi connectivity index (χ1n) is 8.42. The lowest BCUT2D eigenvalue weighted by atomic mass is 10.1. The summed E-state index contributed by atoms with van der Waals surface area (Å²) in [4.78, 5) is 16.2. The first-order chi connectivity index (χ1) is 12.7. The van der Waals surface area contributed by atoms with Crippen LogP contribution in [-0.2, 0) is 17.6 Å². The Bertz CT molecular complexity index is 856. The van der Waals surface area contributed by atoms with Gasteiger partial charge in [-0.2, -0.15) is 4.98 Å². The van der Waals surface area contributed by atoms with E-state index < -0.39 is 0 Å². The zero-order chi connectivity index (χ0) is 18.4. The Morgan fingerprint density at radius 2 is 2.15 bits per heavy atom. The van der Waals surface area contributed by atoms with Crippen molar-refractivity contribution in [2.75, 3.05) is 13.7 Å². The van der Waals surface area contributed by atoms with Crippen LogP contribution in [0.3, 0.4) is 0 Å². The van der Waals surface area contributed by atoms with Gasteiger partial charge in [0.05, 0.1) is 13.4 Å². The average molecular weight is 355 g/mol. The molecule has 3 rings (SSSR count). The number of aryl methyl sites for hydroxylation is 2. The lowest BCUT2D eigenvalue weighted by molar-refractivity contribution is -0.121. The highest BCUT2D eigenvalue weighted by Crippen LogP contribution is 2.20. The molecule has 0 aliphatic carbocycles. The summed E-state index contributed by atoms with van der Waals surface area (Å²) in [6.07, 6.45) is 2.92. The fourth-order valence-electron chi connectivity index (χ4n) is 2.61. The van der Waals surface area contributed by atoms with Crippen LogP contribution in [0.4, 0.5) is 0 Å². The van der Waals surface area contributed by atoms with Crippen molar-refractivity contribution in [3.63, 3.8) is 0 Å². The Balaban J connectivity index is 1.44. The minimum Gasteiger partial charge on any atom is -0.496 e. The van der Waals surface area contributed by atoms with Crippen LogP contribution in [0, 0.1) is 6.92 Å². The third-order valence-corrected chi connectivity index (χ3v) is 3.93. The molecule has 3 aromatic rings. The molecule has 0 bridgehead atoms. The molecule has 26 heavy (non-hydrogen) atoms. The molecule has 0 fully saturated rings. The minimum atomic E-state index is -0.0608. The molecule has 0 spiro atoms. The first-order valence-corrected chi connectivity index (χ1v) is 8.42. The molecule has 0 aliphatic rings. The fourth-order valence-corrected chi connectivity index (χ4v) is 2.61. The molecular weight excluding hydrogens is 334 g/mol. The quantitative estimate of drug-likeness (QED) is 0.668. The van der Waals surface area contributed by atoms with Gasteiger partial charge >= 0.3 is 0 Å². The summed E-state index contributed by atoms with van der Waals surface area (Å²) < 4.78 is 15.7. The summed E-state index contributed by atoms with van der Waals surface area (Å²) in [5.74, 6) is 2.11. The van der Waals surface area contributed by atoms with Crippen molar-refractivity contribution >= 4 is 5.91 Å². The number of aromatic nitrogens is 2. The van der Waals surface area contributed by atoms with E-state index >= 15 is 0 Å². The third kappa shape index (κ3) is 4.50. The minimum absolute atomic E-state index is 0.0608. The topological polar surface area (TPSA) is 90.4 Å². The molecule has 0 atom stereocenters. The molecule has 0 saturated carbocycles. The number of hydrogen-bond acceptors (Lipinski definition) is 6. The standard InChI is InChI=1S/C19H21N3O4/c1-13-5-6-15(24-2)14(12-13)9-10-20-17(23)7-8-18-21-19(22-26-18)16-4-3-11-25-16/h3-6,11-12H,7-10H2,1-2H3,(H,20,23). The van der Waals surface area contributed by atoms with E-state index in [1.54, 1.807) is 25.5 Å². The van der Waals surface area contributed by atoms with Gasteiger partial charge in [0.2, 0.25) is 17.6 Å². The van der Waals surface area contributed by atoms with Gasteiger partial charge in [0, 0.05) is 19.4 Å². The van der Waals surface area contributed by atoms with Gasteiger partial charge < -0.3 is 19.0 Å². The number of amides is 1. The number of methoxy groups -OCH3 is 1. The predicted octanol–water partition coefficient (Wildman–Crippen LogP) is 2.94. The molecule has 0 saturated heterocycles. The lowest BCUT2D eigenvalue weighted by Crippen LogP contribution is -2.26. The summed E-state index contributed by atoms with van der Waals surface area (Å²) in [5.41, 5.74) is 2.24. The first kappa shape index (κ1) is 17.7. The number of hydrogen-bond donors (Lipinski definition) is 1. The molecule has 0 unspecified atom stereocenters. The molecule has 1 aromatic carbocycles. The molecule has 7 nitrogen and oxygen atoms in total. The monoisotopic (exact) mass is 355 g/mol. The average Bonchev–Trinajstić information content (AvgIpc) is 3.31. The second-order valence-electron chi connectivity index (χ2n) is 5.90. The Morgan fingerprint density at radius 3 is 2.92 bits per heavy atom. The Kier molecular flexibility index (Phi) is 5.68. The molecule has 136 valence electrons. The van der Waals surface area contributed by atoms with Crippen molar-refractivity contribution in [2.45, 2.75) is 26.2 Å². The predicted molar refractivity (Wildman–Crippen MR) is 94.8 cm³/mol. The largest absolute Gasteiger partial charge is 0.496 e. The number of benzene rings is 1. The van der Waals surface area contributed by atoms with Crippen LogP contribution in [0.25, 0.3) is 11.6 Å². The number of carbonyl (C=O) groups excluding carboxylic acids is 1. The maximum Gasteiger partial charge on any atom is 0.238 e. The van der Waals surface area contributed by atoms with Gasteiger partial charge in [0.25, 0.3) is 0 Å². The van der Waals surface area contributed by atoms with E-state index in [2.05, 4.69) is 21.5 Å². The van der Waals surface area contributed by atoms with Crippen molar-refractivity contribution in [2.24, 2.45) is 0 Å². The SMILES string of the molecule is COc1ccc(C)cc1CCNC(=O)CCc1nc(-c2ccco2)no1. The van der Waals surface area contributed by atoms with Crippen LogP contribution in [0.5, 0.6) is 5.75 Å². The second kappa shape index (κ2) is 8.33. The number of ether oxygens (including phenoxy) is 1. The van der Waals surface area contributed by atoms with Gasteiger partial charge in [0.1, 0.15) is 5.75 Å². The van der Waals surface area contributed by atoms with Crippen LogP contribution in [-0.4, -0.2) is 29.7 Å². The number of nitrogens with zero attached hydrogens (tertiary/aromatic N) is 2. The maximum atomic E-state index is 12.0. The Labute approximate surface area is 151 Å². The van der Waals surface area contributed by atoms with E-state index in [1.165, 1.54) is 0 Å². The zero-order valence-corrected chi connectivity index (χ0v) is 14.8. The lowest BCUT2D eigenvalue weighted by Gasteiger charge is -2.10. The Morgan fingerprint density at radius 1 is 1.27 bits per heavy atom. The van der Waals surface area contributed by atoms with Gasteiger partial charge in [-0.15, -0.1) is 0 Å². The molecule has 2 heterocycles. The van der Waals surface area contributed by atoms with Gasteiger partial charge in [-0.05, 0) is 37.1 Å². The highest BCUT2D eigenvalue weighted by atomic mass is 16.5. The molecule has 1 N–H and O–H groups in total. The van der Waals surface area contributed by atoms with Crippen molar-refractivity contribution in [3.05, 3.63) is 53.6 Å². The van der Waals surface area contributed by atoms with E-state index in [0.29, 0.717) is 36.9 Å². The van der Waals surface area contributed by atoms with Gasteiger partial charge in [0.15, 0.2) is 5.76 Å². The summed E-state index contributed by atoms with van der Waals surface area (Å²) in [6.45, 7) is 2.57. The van der Waals surface area contributed by atoms with E-state index in [-0.39, 0.29) is 12.3 Å². The number of rotatable bonds is 8. The number of nitrogens with one attached hydrogen (secondary N) is 1. The fraction of sp³-hybridized carbons (Fsp3) is 0.316. The van der Waals surface area contributed by atoms with Crippen LogP contribution in [0.15, 0.2) is 45.5 Å². The van der Waals surface area contributed by atoms with Crippen molar-refractivity contribution in [3.8, 4) is 17.3 Å². The van der Waals surface area contributed by atoms with Gasteiger partial charge in [-0.3, -0.25) is 4.79 Å². The summed E-state index contributed by atoms with van der Waals surface area (Å²) in [7, 11) is 1.65. The summed E-state index contributed by atoms with van der Waals surface area (Å²) in [6, 6.07) is 9.52. The van der Waals surface area contributed by atoms with Crippen molar-refractivity contribution in [1.29, 1.82) is 0 Å². The molecular formula is C19H21N3O4. The van der Waals surface area contributed by atoms with Crippen molar-refractivity contribution in [1.82, 2.24) is 15.5 Å². The number of furan rings is 1. The molecule has 0 radical (unpaired) electrons. The number of carbonyl (C=O) groups is 1.